The molecule has 0 aliphatic carbocycles. The van der Waals surface area contributed by atoms with Gasteiger partial charge in [0.05, 0.1) is 11.2 Å². The maximum absolute atomic E-state index is 6.32. The third-order valence-corrected chi connectivity index (χ3v) is 3.53. The minimum Gasteiger partial charge on any atom is -0.344 e. The summed E-state index contributed by atoms with van der Waals surface area (Å²) in [6, 6.07) is 7.71. The minimum atomic E-state index is -0.420. The fraction of sp³-hybridized carbons (Fsp3) is 0.400. The van der Waals surface area contributed by atoms with Gasteiger partial charge in [0.1, 0.15) is 5.82 Å². The lowest BCUT2D eigenvalue weighted by molar-refractivity contribution is 0.423. The number of aromatic amines is 1. The summed E-state index contributed by atoms with van der Waals surface area (Å²) in [6.07, 6.45) is 1.92. The van der Waals surface area contributed by atoms with E-state index in [-0.39, 0.29) is 0 Å². The van der Waals surface area contributed by atoms with Crippen LogP contribution in [0.5, 0.6) is 0 Å². The van der Waals surface area contributed by atoms with Crippen LogP contribution < -0.4 is 5.73 Å². The molecule has 4 heteroatoms. The number of hydrogen-bond acceptors (Lipinski definition) is 2. The number of aryl methyl sites for hydroxylation is 1. The highest BCUT2D eigenvalue weighted by Crippen LogP contribution is 2.28. The Morgan fingerprint density at radius 2 is 2.16 bits per heavy atom. The van der Waals surface area contributed by atoms with Crippen LogP contribution >= 0.6 is 11.6 Å². The van der Waals surface area contributed by atoms with Crippen molar-refractivity contribution in [2.45, 2.75) is 39.2 Å². The van der Waals surface area contributed by atoms with Crippen LogP contribution in [0.25, 0.3) is 11.3 Å². The minimum absolute atomic E-state index is 0.420. The van der Waals surface area contributed by atoms with Crippen molar-refractivity contribution in [2.75, 3.05) is 0 Å². The van der Waals surface area contributed by atoms with Gasteiger partial charge in [-0.15, -0.1) is 0 Å². The van der Waals surface area contributed by atoms with Crippen LogP contribution in [0.3, 0.4) is 0 Å². The SMILES string of the molecule is CCCC(C)(N)c1nc(-c2cccc(Cl)c2)c(C)[nH]1. The Morgan fingerprint density at radius 3 is 2.79 bits per heavy atom. The van der Waals surface area contributed by atoms with E-state index < -0.39 is 5.54 Å². The van der Waals surface area contributed by atoms with Crippen molar-refractivity contribution in [3.8, 4) is 11.3 Å². The fourth-order valence-corrected chi connectivity index (χ4v) is 2.48. The molecule has 0 aliphatic heterocycles. The lowest BCUT2D eigenvalue weighted by Crippen LogP contribution is -2.34. The lowest BCUT2D eigenvalue weighted by atomic mass is 9.97. The molecule has 2 rings (SSSR count). The Kier molecular flexibility index (Phi) is 3.97. The van der Waals surface area contributed by atoms with Gasteiger partial charge in [0.2, 0.25) is 0 Å². The van der Waals surface area contributed by atoms with Crippen molar-refractivity contribution in [2.24, 2.45) is 5.73 Å². The molecular formula is C15H20ClN3. The second-order valence-corrected chi connectivity index (χ2v) is 5.67. The normalized spacial score (nSPS) is 14.4. The van der Waals surface area contributed by atoms with Crippen molar-refractivity contribution in [3.05, 3.63) is 40.8 Å². The summed E-state index contributed by atoms with van der Waals surface area (Å²) in [5.41, 5.74) is 8.85. The Hall–Kier alpha value is -1.32. The van der Waals surface area contributed by atoms with Gasteiger partial charge in [0, 0.05) is 16.3 Å². The first-order valence-electron chi connectivity index (χ1n) is 6.56. The predicted octanol–water partition coefficient (Wildman–Crippen LogP) is 4.01. The molecule has 0 fully saturated rings. The molecule has 2 aromatic rings. The second kappa shape index (κ2) is 5.35. The van der Waals surface area contributed by atoms with Gasteiger partial charge in [-0.25, -0.2) is 4.98 Å². The summed E-state index contributed by atoms with van der Waals surface area (Å²) in [4.78, 5) is 7.98. The van der Waals surface area contributed by atoms with Crippen LogP contribution in [-0.4, -0.2) is 9.97 Å². The fourth-order valence-electron chi connectivity index (χ4n) is 2.29. The molecule has 0 amide bonds. The van der Waals surface area contributed by atoms with Gasteiger partial charge in [-0.3, -0.25) is 0 Å². The van der Waals surface area contributed by atoms with Crippen molar-refractivity contribution in [1.82, 2.24) is 9.97 Å². The molecule has 1 unspecified atom stereocenters. The Balaban J connectivity index is 2.42. The average molecular weight is 278 g/mol. The van der Waals surface area contributed by atoms with Crippen LogP contribution in [0, 0.1) is 6.92 Å². The van der Waals surface area contributed by atoms with E-state index in [4.69, 9.17) is 17.3 Å². The summed E-state index contributed by atoms with van der Waals surface area (Å²) in [7, 11) is 0. The van der Waals surface area contributed by atoms with Crippen LogP contribution in [-0.2, 0) is 5.54 Å². The lowest BCUT2D eigenvalue weighted by Gasteiger charge is -2.21. The Morgan fingerprint density at radius 1 is 1.42 bits per heavy atom. The van der Waals surface area contributed by atoms with Gasteiger partial charge >= 0.3 is 0 Å². The third kappa shape index (κ3) is 2.99. The molecular weight excluding hydrogens is 258 g/mol. The van der Waals surface area contributed by atoms with Gasteiger partial charge in [0.25, 0.3) is 0 Å². The number of halogens is 1. The van der Waals surface area contributed by atoms with Gasteiger partial charge in [-0.2, -0.15) is 0 Å². The molecule has 0 radical (unpaired) electrons. The highest BCUT2D eigenvalue weighted by molar-refractivity contribution is 6.30. The van der Waals surface area contributed by atoms with Gasteiger partial charge in [0.15, 0.2) is 0 Å². The number of H-pyrrole nitrogens is 1. The summed E-state index contributed by atoms with van der Waals surface area (Å²) in [5, 5.41) is 0.713. The topological polar surface area (TPSA) is 54.7 Å². The summed E-state index contributed by atoms with van der Waals surface area (Å²) in [5.74, 6) is 0.835. The second-order valence-electron chi connectivity index (χ2n) is 5.24. The van der Waals surface area contributed by atoms with Crippen LogP contribution in [0.1, 0.15) is 38.2 Å². The number of hydrogen-bond donors (Lipinski definition) is 2. The zero-order valence-corrected chi connectivity index (χ0v) is 12.4. The molecule has 0 saturated carbocycles. The first-order valence-corrected chi connectivity index (χ1v) is 6.93. The Bertz CT molecular complexity index is 573. The molecule has 102 valence electrons. The molecule has 3 N–H and O–H groups in total. The van der Waals surface area contributed by atoms with E-state index in [1.54, 1.807) is 0 Å². The quantitative estimate of drug-likeness (QED) is 0.887. The maximum atomic E-state index is 6.32. The molecule has 19 heavy (non-hydrogen) atoms. The molecule has 1 aromatic heterocycles. The van der Waals surface area contributed by atoms with Crippen LogP contribution in [0.15, 0.2) is 24.3 Å². The van der Waals surface area contributed by atoms with E-state index in [1.165, 1.54) is 0 Å². The van der Waals surface area contributed by atoms with E-state index in [9.17, 15) is 0 Å². The largest absolute Gasteiger partial charge is 0.344 e. The van der Waals surface area contributed by atoms with Crippen molar-refractivity contribution < 1.29 is 0 Å². The van der Waals surface area contributed by atoms with Gasteiger partial charge < -0.3 is 10.7 Å². The molecule has 0 bridgehead atoms. The van der Waals surface area contributed by atoms with E-state index in [1.807, 2.05) is 38.1 Å². The van der Waals surface area contributed by atoms with Crippen molar-refractivity contribution >= 4 is 11.6 Å². The van der Waals surface area contributed by atoms with Gasteiger partial charge in [-0.1, -0.05) is 37.1 Å². The number of nitrogens with one attached hydrogen (secondary N) is 1. The molecule has 1 heterocycles. The third-order valence-electron chi connectivity index (χ3n) is 3.29. The highest BCUT2D eigenvalue weighted by atomic mass is 35.5. The van der Waals surface area contributed by atoms with E-state index >= 15 is 0 Å². The summed E-state index contributed by atoms with van der Waals surface area (Å²) >= 11 is 6.03. The maximum Gasteiger partial charge on any atom is 0.126 e. The zero-order chi connectivity index (χ0) is 14.0. The van der Waals surface area contributed by atoms with E-state index in [2.05, 4.69) is 16.9 Å². The van der Waals surface area contributed by atoms with E-state index in [0.29, 0.717) is 5.02 Å². The number of imidazole rings is 1. The summed E-state index contributed by atoms with van der Waals surface area (Å²) in [6.45, 7) is 6.14. The molecule has 1 atom stereocenters. The van der Waals surface area contributed by atoms with Crippen LogP contribution in [0.4, 0.5) is 0 Å². The molecule has 0 aliphatic rings. The number of nitrogens with zero attached hydrogens (tertiary/aromatic N) is 1. The van der Waals surface area contributed by atoms with Crippen molar-refractivity contribution in [3.63, 3.8) is 0 Å². The van der Waals surface area contributed by atoms with Gasteiger partial charge in [-0.05, 0) is 32.4 Å². The first-order chi connectivity index (χ1) is 8.94. The van der Waals surface area contributed by atoms with E-state index in [0.717, 1.165) is 35.6 Å². The molecule has 0 saturated heterocycles. The predicted molar refractivity (Wildman–Crippen MR) is 80.2 cm³/mol. The standard InChI is InChI=1S/C15H20ClN3/c1-4-8-15(3,17)14-18-10(2)13(19-14)11-6-5-7-12(16)9-11/h5-7,9H,4,8,17H2,1-3H3,(H,18,19). The smallest absolute Gasteiger partial charge is 0.126 e. The Labute approximate surface area is 119 Å². The monoisotopic (exact) mass is 277 g/mol. The zero-order valence-electron chi connectivity index (χ0n) is 11.6. The molecule has 1 aromatic carbocycles. The molecule has 3 nitrogen and oxygen atoms in total. The first kappa shape index (κ1) is 14.1. The average Bonchev–Trinajstić information content (AvgIpc) is 2.72. The van der Waals surface area contributed by atoms with Crippen molar-refractivity contribution in [1.29, 1.82) is 0 Å². The number of benzene rings is 1. The van der Waals surface area contributed by atoms with Crippen LogP contribution in [0.2, 0.25) is 5.02 Å². The molecule has 0 spiro atoms. The highest BCUT2D eigenvalue weighted by Gasteiger charge is 2.25. The summed E-state index contributed by atoms with van der Waals surface area (Å²) < 4.78 is 0. The number of nitrogens with two attached hydrogens (primary N) is 1. The number of aromatic nitrogens is 2. The number of rotatable bonds is 4.